The number of aliphatic carboxylic acids is 1. The molecule has 26 heavy (non-hydrogen) atoms. The van der Waals surface area contributed by atoms with Crippen LogP contribution in [0.2, 0.25) is 0 Å². The fourth-order valence-corrected chi connectivity index (χ4v) is 3.82. The summed E-state index contributed by atoms with van der Waals surface area (Å²) in [5.41, 5.74) is -0.360. The second-order valence-electron chi connectivity index (χ2n) is 7.20. The number of likely N-dealkylation sites (N-methyl/N-ethyl adjacent to an activating group) is 2. The van der Waals surface area contributed by atoms with E-state index in [-0.39, 0.29) is 18.1 Å². The van der Waals surface area contributed by atoms with Crippen LogP contribution in [0.15, 0.2) is 24.3 Å². The van der Waals surface area contributed by atoms with Crippen LogP contribution in [0.4, 0.5) is 4.39 Å². The Bertz CT molecular complexity index is 650. The van der Waals surface area contributed by atoms with Crippen LogP contribution in [-0.4, -0.2) is 66.6 Å². The smallest absolute Gasteiger partial charge is 0.324 e. The van der Waals surface area contributed by atoms with Gasteiger partial charge < -0.3 is 15.3 Å². The van der Waals surface area contributed by atoms with Gasteiger partial charge in [0.25, 0.3) is 0 Å². The van der Waals surface area contributed by atoms with Crippen LogP contribution >= 0.6 is 0 Å². The highest BCUT2D eigenvalue weighted by molar-refractivity contribution is 5.85. The molecule has 0 spiro atoms. The van der Waals surface area contributed by atoms with E-state index in [1.807, 2.05) is 25.9 Å². The van der Waals surface area contributed by atoms with Crippen molar-refractivity contribution in [3.63, 3.8) is 0 Å². The van der Waals surface area contributed by atoms with Crippen LogP contribution in [0.3, 0.4) is 0 Å². The Morgan fingerprint density at radius 3 is 2.46 bits per heavy atom. The van der Waals surface area contributed by atoms with Gasteiger partial charge in [0.15, 0.2) is 0 Å². The number of benzene rings is 1. The molecule has 1 fully saturated rings. The zero-order valence-corrected chi connectivity index (χ0v) is 15.8. The fraction of sp³-hybridized carbons (Fsp3) is 0.579. The maximum Gasteiger partial charge on any atom is 0.324 e. The van der Waals surface area contributed by atoms with Crippen LogP contribution < -0.4 is 5.32 Å². The topological polar surface area (TPSA) is 72.9 Å². The first kappa shape index (κ1) is 20.3. The van der Waals surface area contributed by atoms with Gasteiger partial charge in [-0.3, -0.25) is 14.5 Å². The third kappa shape index (κ3) is 3.88. The number of carbonyl (C=O) groups is 2. The monoisotopic (exact) mass is 365 g/mol. The van der Waals surface area contributed by atoms with Crippen molar-refractivity contribution in [3.8, 4) is 0 Å². The maximum atomic E-state index is 13.3. The Kier molecular flexibility index (Phi) is 6.36. The van der Waals surface area contributed by atoms with Gasteiger partial charge >= 0.3 is 5.97 Å². The summed E-state index contributed by atoms with van der Waals surface area (Å²) in [6.45, 7) is 3.01. The van der Waals surface area contributed by atoms with Gasteiger partial charge in [-0.1, -0.05) is 19.1 Å². The number of carboxylic acids is 1. The number of hydrogen-bond donors (Lipinski definition) is 2. The first-order valence-corrected chi connectivity index (χ1v) is 8.87. The van der Waals surface area contributed by atoms with Crippen molar-refractivity contribution in [1.29, 1.82) is 0 Å². The van der Waals surface area contributed by atoms with E-state index in [2.05, 4.69) is 5.32 Å². The van der Waals surface area contributed by atoms with E-state index in [0.717, 1.165) is 5.56 Å². The number of halogens is 1. The molecule has 0 saturated carbocycles. The number of carboxylic acid groups (broad SMARTS) is 1. The third-order valence-corrected chi connectivity index (χ3v) is 5.42. The van der Waals surface area contributed by atoms with Gasteiger partial charge in [0.1, 0.15) is 11.4 Å². The second-order valence-corrected chi connectivity index (χ2v) is 7.20. The zero-order chi connectivity index (χ0) is 19.5. The lowest BCUT2D eigenvalue weighted by Gasteiger charge is -2.34. The Morgan fingerprint density at radius 1 is 1.35 bits per heavy atom. The van der Waals surface area contributed by atoms with Crippen molar-refractivity contribution in [2.75, 3.05) is 34.2 Å². The van der Waals surface area contributed by atoms with Crippen LogP contribution in [0.25, 0.3) is 0 Å². The molecule has 1 aliphatic heterocycles. The van der Waals surface area contributed by atoms with Gasteiger partial charge in [-0.05, 0) is 51.7 Å². The molecule has 2 N–H and O–H groups in total. The van der Waals surface area contributed by atoms with Gasteiger partial charge in [-0.25, -0.2) is 4.39 Å². The molecule has 1 amide bonds. The van der Waals surface area contributed by atoms with E-state index in [1.165, 1.54) is 12.1 Å². The molecule has 0 aromatic heterocycles. The van der Waals surface area contributed by atoms with Gasteiger partial charge in [0.05, 0.1) is 5.92 Å². The Hall–Kier alpha value is -1.99. The number of nitrogens with zero attached hydrogens (tertiary/aromatic N) is 2. The molecule has 2 rings (SSSR count). The predicted molar refractivity (Wildman–Crippen MR) is 97.2 cm³/mol. The number of rotatable bonds is 7. The van der Waals surface area contributed by atoms with Crippen molar-refractivity contribution in [1.82, 2.24) is 15.1 Å². The Balaban J connectivity index is 2.33. The Labute approximate surface area is 154 Å². The van der Waals surface area contributed by atoms with E-state index in [4.69, 9.17) is 0 Å². The maximum absolute atomic E-state index is 13.3. The second kappa shape index (κ2) is 8.14. The number of amides is 1. The third-order valence-electron chi connectivity index (χ3n) is 5.42. The van der Waals surface area contributed by atoms with Crippen molar-refractivity contribution < 1.29 is 19.1 Å². The Morgan fingerprint density at radius 2 is 1.96 bits per heavy atom. The summed E-state index contributed by atoms with van der Waals surface area (Å²) >= 11 is 0. The molecule has 1 aliphatic rings. The molecule has 0 radical (unpaired) electrons. The van der Waals surface area contributed by atoms with Crippen LogP contribution in [0, 0.1) is 11.7 Å². The van der Waals surface area contributed by atoms with E-state index >= 15 is 0 Å². The first-order valence-electron chi connectivity index (χ1n) is 8.87. The van der Waals surface area contributed by atoms with Crippen LogP contribution in [0.1, 0.15) is 31.4 Å². The first-order chi connectivity index (χ1) is 12.2. The summed E-state index contributed by atoms with van der Waals surface area (Å²) in [6, 6.07) is 5.54. The fourth-order valence-electron chi connectivity index (χ4n) is 3.82. The number of likely N-dealkylation sites (tertiary alicyclic amines) is 1. The molecule has 0 unspecified atom stereocenters. The predicted octanol–water partition coefficient (Wildman–Crippen LogP) is 1.73. The van der Waals surface area contributed by atoms with E-state index in [9.17, 15) is 19.1 Å². The lowest BCUT2D eigenvalue weighted by Crippen LogP contribution is -2.48. The normalized spacial score (nSPS) is 26.2. The summed E-state index contributed by atoms with van der Waals surface area (Å²) in [6.07, 6.45) is 0.614. The molecule has 1 heterocycles. The quantitative estimate of drug-likeness (QED) is 0.770. The van der Waals surface area contributed by atoms with Gasteiger partial charge in [0, 0.05) is 19.1 Å². The lowest BCUT2D eigenvalue weighted by molar-refractivity contribution is -0.150. The molecule has 3 atom stereocenters. The molecule has 1 aromatic rings. The summed E-state index contributed by atoms with van der Waals surface area (Å²) in [5, 5.41) is 12.8. The van der Waals surface area contributed by atoms with Gasteiger partial charge in [-0.2, -0.15) is 0 Å². The highest BCUT2D eigenvalue weighted by Crippen LogP contribution is 2.47. The van der Waals surface area contributed by atoms with Crippen LogP contribution in [0.5, 0.6) is 0 Å². The summed E-state index contributed by atoms with van der Waals surface area (Å²) in [4.78, 5) is 28.6. The number of carbonyl (C=O) groups excluding carboxylic acids is 1. The molecule has 0 aliphatic carbocycles. The van der Waals surface area contributed by atoms with E-state index in [1.54, 1.807) is 24.1 Å². The van der Waals surface area contributed by atoms with Crippen molar-refractivity contribution in [2.45, 2.75) is 31.3 Å². The largest absolute Gasteiger partial charge is 0.480 e. The van der Waals surface area contributed by atoms with Gasteiger partial charge in [0.2, 0.25) is 5.91 Å². The minimum atomic E-state index is -1.11. The SMILES string of the molecule is CC[C@]1(C(=O)O)C[C@@H](C(=O)NCCN(C)C)[C@@H](c2ccc(F)cc2)N1C. The number of nitrogens with one attached hydrogen (secondary N) is 1. The molecule has 1 saturated heterocycles. The molecule has 1 aromatic carbocycles. The molecular weight excluding hydrogens is 337 g/mol. The van der Waals surface area contributed by atoms with E-state index < -0.39 is 23.5 Å². The van der Waals surface area contributed by atoms with Gasteiger partial charge in [-0.15, -0.1) is 0 Å². The zero-order valence-electron chi connectivity index (χ0n) is 15.8. The molecule has 7 heteroatoms. The van der Waals surface area contributed by atoms with Crippen molar-refractivity contribution in [2.24, 2.45) is 5.92 Å². The minimum Gasteiger partial charge on any atom is -0.480 e. The van der Waals surface area contributed by atoms with Crippen molar-refractivity contribution >= 4 is 11.9 Å². The van der Waals surface area contributed by atoms with Crippen LogP contribution in [-0.2, 0) is 9.59 Å². The molecule has 0 bridgehead atoms. The standard InChI is InChI=1S/C19H28FN3O3/c1-5-19(18(25)26)12-15(17(24)21-10-11-22(2)3)16(23(19)4)13-6-8-14(20)9-7-13/h6-9,15-16H,5,10-12H2,1-4H3,(H,21,24)(H,25,26)/t15-,16-,19-/m1/s1. The summed E-state index contributed by atoms with van der Waals surface area (Å²) < 4.78 is 13.3. The average Bonchev–Trinajstić information content (AvgIpc) is 2.89. The molecular formula is C19H28FN3O3. The lowest BCUT2D eigenvalue weighted by atomic mass is 9.87. The minimum absolute atomic E-state index is 0.162. The van der Waals surface area contributed by atoms with E-state index in [0.29, 0.717) is 19.5 Å². The molecule has 6 nitrogen and oxygen atoms in total. The highest BCUT2D eigenvalue weighted by atomic mass is 19.1. The average molecular weight is 365 g/mol. The summed E-state index contributed by atoms with van der Waals surface area (Å²) in [5.74, 6) is -1.96. The number of hydrogen-bond acceptors (Lipinski definition) is 4. The van der Waals surface area contributed by atoms with Crippen molar-refractivity contribution in [3.05, 3.63) is 35.6 Å². The molecule has 144 valence electrons. The summed E-state index contributed by atoms with van der Waals surface area (Å²) in [7, 11) is 5.57. The highest BCUT2D eigenvalue weighted by Gasteiger charge is 2.56.